The molecule has 0 radical (unpaired) electrons. The van der Waals surface area contributed by atoms with E-state index in [4.69, 9.17) is 4.74 Å². The SMILES string of the molecule is COC(=O)CC[C@]1(C(=O)[O-])CCOC(C)(C)C1. The van der Waals surface area contributed by atoms with Gasteiger partial charge in [-0.1, -0.05) is 0 Å². The third-order valence-corrected chi connectivity index (χ3v) is 3.31. The standard InChI is InChI=1S/C12H20O5/c1-11(2)8-12(10(14)15,6-7-17-11)5-4-9(13)16-3/h4-8H2,1-3H3,(H,14,15)/p-1/t12-/m0/s1. The first-order valence-electron chi connectivity index (χ1n) is 5.74. The van der Waals surface area contributed by atoms with E-state index in [0.717, 1.165) is 0 Å². The van der Waals surface area contributed by atoms with Crippen molar-refractivity contribution in [3.8, 4) is 0 Å². The molecule has 0 aliphatic carbocycles. The molecular formula is C12H19O5-. The summed E-state index contributed by atoms with van der Waals surface area (Å²) >= 11 is 0. The van der Waals surface area contributed by atoms with Gasteiger partial charge >= 0.3 is 5.97 Å². The molecule has 0 amide bonds. The summed E-state index contributed by atoms with van der Waals surface area (Å²) in [4.78, 5) is 22.5. The summed E-state index contributed by atoms with van der Waals surface area (Å²) in [6.45, 7) is 4.08. The predicted molar refractivity (Wildman–Crippen MR) is 58.0 cm³/mol. The normalized spacial score (nSPS) is 27.5. The Bertz CT molecular complexity index is 310. The highest BCUT2D eigenvalue weighted by atomic mass is 16.5. The van der Waals surface area contributed by atoms with E-state index in [1.807, 2.05) is 13.8 Å². The second-order valence-corrected chi connectivity index (χ2v) is 5.18. The van der Waals surface area contributed by atoms with Crippen LogP contribution >= 0.6 is 0 Å². The minimum atomic E-state index is -1.10. The first-order chi connectivity index (χ1) is 7.81. The van der Waals surface area contributed by atoms with E-state index < -0.39 is 23.0 Å². The van der Waals surface area contributed by atoms with E-state index in [0.29, 0.717) is 19.4 Å². The van der Waals surface area contributed by atoms with Crippen molar-refractivity contribution in [1.29, 1.82) is 0 Å². The first kappa shape index (κ1) is 14.0. The zero-order valence-electron chi connectivity index (χ0n) is 10.6. The minimum Gasteiger partial charge on any atom is -0.550 e. The number of carbonyl (C=O) groups excluding carboxylic acids is 2. The van der Waals surface area contributed by atoms with Crippen LogP contribution in [0.1, 0.15) is 39.5 Å². The second kappa shape index (κ2) is 5.04. The van der Waals surface area contributed by atoms with Crippen molar-refractivity contribution >= 4 is 11.9 Å². The number of hydrogen-bond donors (Lipinski definition) is 0. The average molecular weight is 243 g/mol. The molecule has 0 unspecified atom stereocenters. The molecule has 1 atom stereocenters. The van der Waals surface area contributed by atoms with Crippen molar-refractivity contribution in [3.05, 3.63) is 0 Å². The molecule has 0 bridgehead atoms. The van der Waals surface area contributed by atoms with Gasteiger partial charge in [-0.3, -0.25) is 4.79 Å². The Kier molecular flexibility index (Phi) is 4.14. The lowest BCUT2D eigenvalue weighted by atomic mass is 9.71. The van der Waals surface area contributed by atoms with Crippen LogP contribution in [0, 0.1) is 5.41 Å². The Labute approximate surface area is 101 Å². The predicted octanol–water partition coefficient (Wildman–Crippen LogP) is 0.265. The van der Waals surface area contributed by atoms with Gasteiger partial charge < -0.3 is 19.4 Å². The van der Waals surface area contributed by atoms with E-state index in [9.17, 15) is 14.7 Å². The summed E-state index contributed by atoms with van der Waals surface area (Å²) in [6.07, 6.45) is 1.09. The Morgan fingerprint density at radius 2 is 2.06 bits per heavy atom. The van der Waals surface area contributed by atoms with Crippen LogP contribution in [0.2, 0.25) is 0 Å². The summed E-state index contributed by atoms with van der Waals surface area (Å²) in [5, 5.41) is 11.3. The van der Waals surface area contributed by atoms with E-state index in [2.05, 4.69) is 4.74 Å². The van der Waals surface area contributed by atoms with Gasteiger partial charge in [0, 0.05) is 24.4 Å². The molecule has 1 aliphatic rings. The van der Waals surface area contributed by atoms with Crippen molar-refractivity contribution in [2.24, 2.45) is 5.41 Å². The molecule has 0 saturated carbocycles. The molecular weight excluding hydrogens is 224 g/mol. The maximum absolute atomic E-state index is 11.3. The zero-order chi connectivity index (χ0) is 13.1. The van der Waals surface area contributed by atoms with Crippen LogP contribution in [0.4, 0.5) is 0 Å². The zero-order valence-corrected chi connectivity index (χ0v) is 10.6. The maximum Gasteiger partial charge on any atom is 0.305 e. The molecule has 1 saturated heterocycles. The molecule has 0 aromatic rings. The van der Waals surface area contributed by atoms with Gasteiger partial charge in [-0.2, -0.15) is 0 Å². The first-order valence-corrected chi connectivity index (χ1v) is 5.74. The fourth-order valence-corrected chi connectivity index (χ4v) is 2.41. The van der Waals surface area contributed by atoms with Gasteiger partial charge in [-0.25, -0.2) is 0 Å². The quantitative estimate of drug-likeness (QED) is 0.662. The molecule has 5 heteroatoms. The van der Waals surface area contributed by atoms with Gasteiger partial charge in [-0.15, -0.1) is 0 Å². The molecule has 1 fully saturated rings. The Morgan fingerprint density at radius 3 is 2.53 bits per heavy atom. The molecule has 0 N–H and O–H groups in total. The van der Waals surface area contributed by atoms with Crippen LogP contribution in [-0.4, -0.2) is 31.3 Å². The smallest absolute Gasteiger partial charge is 0.305 e. The topological polar surface area (TPSA) is 75.7 Å². The van der Waals surface area contributed by atoms with Crippen LogP contribution in [0.3, 0.4) is 0 Å². The lowest BCUT2D eigenvalue weighted by Crippen LogP contribution is -2.51. The number of carbonyl (C=O) groups is 2. The third kappa shape index (κ3) is 3.43. The van der Waals surface area contributed by atoms with Gasteiger partial charge in [-0.05, 0) is 33.1 Å². The lowest BCUT2D eigenvalue weighted by molar-refractivity contribution is -0.325. The number of carboxylic acids is 1. The van der Waals surface area contributed by atoms with Crippen LogP contribution in [0.25, 0.3) is 0 Å². The monoisotopic (exact) mass is 243 g/mol. The summed E-state index contributed by atoms with van der Waals surface area (Å²) in [6, 6.07) is 0. The van der Waals surface area contributed by atoms with Crippen molar-refractivity contribution in [2.45, 2.75) is 45.1 Å². The number of methoxy groups -OCH3 is 1. The van der Waals surface area contributed by atoms with Crippen molar-refractivity contribution in [3.63, 3.8) is 0 Å². The summed E-state index contributed by atoms with van der Waals surface area (Å²) in [5.41, 5.74) is -1.47. The maximum atomic E-state index is 11.3. The van der Waals surface area contributed by atoms with Gasteiger partial charge in [0.25, 0.3) is 0 Å². The number of hydrogen-bond acceptors (Lipinski definition) is 5. The van der Waals surface area contributed by atoms with Crippen molar-refractivity contribution < 1.29 is 24.2 Å². The summed E-state index contributed by atoms with van der Waals surface area (Å²) < 4.78 is 10.0. The number of rotatable bonds is 4. The molecule has 98 valence electrons. The molecule has 0 aromatic carbocycles. The second-order valence-electron chi connectivity index (χ2n) is 5.18. The van der Waals surface area contributed by atoms with E-state index in [1.54, 1.807) is 0 Å². The Hall–Kier alpha value is -1.10. The van der Waals surface area contributed by atoms with Gasteiger partial charge in [0.2, 0.25) is 0 Å². The van der Waals surface area contributed by atoms with E-state index in [1.165, 1.54) is 7.11 Å². The van der Waals surface area contributed by atoms with Gasteiger partial charge in [0.15, 0.2) is 0 Å². The highest BCUT2D eigenvalue weighted by molar-refractivity contribution is 5.75. The minimum absolute atomic E-state index is 0.0978. The average Bonchev–Trinajstić information content (AvgIpc) is 2.24. The fraction of sp³-hybridized carbons (Fsp3) is 0.833. The van der Waals surface area contributed by atoms with Crippen LogP contribution in [0.15, 0.2) is 0 Å². The summed E-state index contributed by atoms with van der Waals surface area (Å²) in [5.74, 6) is -1.49. The number of ether oxygens (including phenoxy) is 2. The largest absolute Gasteiger partial charge is 0.550 e. The molecule has 1 aliphatic heterocycles. The molecule has 17 heavy (non-hydrogen) atoms. The van der Waals surface area contributed by atoms with Gasteiger partial charge in [0.05, 0.1) is 12.7 Å². The van der Waals surface area contributed by atoms with Crippen LogP contribution in [0.5, 0.6) is 0 Å². The fourth-order valence-electron chi connectivity index (χ4n) is 2.41. The molecule has 1 heterocycles. The molecule has 1 rings (SSSR count). The van der Waals surface area contributed by atoms with E-state index >= 15 is 0 Å². The highest BCUT2D eigenvalue weighted by Crippen LogP contribution is 2.41. The van der Waals surface area contributed by atoms with Crippen LogP contribution in [-0.2, 0) is 19.1 Å². The number of carboxylic acid groups (broad SMARTS) is 1. The molecule has 0 aromatic heterocycles. The Morgan fingerprint density at radius 1 is 1.41 bits per heavy atom. The van der Waals surface area contributed by atoms with Crippen molar-refractivity contribution in [1.82, 2.24) is 0 Å². The highest BCUT2D eigenvalue weighted by Gasteiger charge is 2.42. The van der Waals surface area contributed by atoms with Crippen LogP contribution < -0.4 is 5.11 Å². The third-order valence-electron chi connectivity index (χ3n) is 3.31. The number of aliphatic carboxylic acids is 1. The Balaban J connectivity index is 2.75. The number of esters is 1. The molecule has 5 nitrogen and oxygen atoms in total. The van der Waals surface area contributed by atoms with Crippen molar-refractivity contribution in [2.75, 3.05) is 13.7 Å². The molecule has 0 spiro atoms. The lowest BCUT2D eigenvalue weighted by Gasteiger charge is -2.45. The van der Waals surface area contributed by atoms with Gasteiger partial charge in [0.1, 0.15) is 0 Å². The van der Waals surface area contributed by atoms with E-state index in [-0.39, 0.29) is 12.8 Å². The summed E-state index contributed by atoms with van der Waals surface area (Å²) in [7, 11) is 1.29.